The van der Waals surface area contributed by atoms with Gasteiger partial charge in [-0.15, -0.1) is 0 Å². The van der Waals surface area contributed by atoms with Gasteiger partial charge >= 0.3 is 0 Å². The summed E-state index contributed by atoms with van der Waals surface area (Å²) < 4.78 is 11.1. The third-order valence-electron chi connectivity index (χ3n) is 3.94. The number of carbonyl (C=O) groups is 1. The molecule has 0 aliphatic carbocycles. The van der Waals surface area contributed by atoms with E-state index in [2.05, 4.69) is 26.1 Å². The van der Waals surface area contributed by atoms with Gasteiger partial charge in [0.2, 0.25) is 0 Å². The van der Waals surface area contributed by atoms with E-state index in [1.807, 2.05) is 24.3 Å². The molecule has 1 heterocycles. The summed E-state index contributed by atoms with van der Waals surface area (Å²) in [5, 5.41) is 2.89. The smallest absolute Gasteiger partial charge is 0.253 e. The summed E-state index contributed by atoms with van der Waals surface area (Å²) in [6.07, 6.45) is 1.75. The Bertz CT molecular complexity index is 484. The molecule has 22 heavy (non-hydrogen) atoms. The van der Waals surface area contributed by atoms with Crippen LogP contribution in [0, 0.1) is 0 Å². The second kappa shape index (κ2) is 7.25. The van der Waals surface area contributed by atoms with Gasteiger partial charge in [0, 0.05) is 12.3 Å². The van der Waals surface area contributed by atoms with Crippen molar-refractivity contribution in [2.45, 2.75) is 58.2 Å². The first kappa shape index (κ1) is 17.0. The minimum Gasteiger partial charge on any atom is -0.376 e. The lowest BCUT2D eigenvalue weighted by Crippen LogP contribution is -2.30. The van der Waals surface area contributed by atoms with Crippen molar-refractivity contribution in [1.82, 2.24) is 0 Å². The number of rotatable bonds is 5. The maximum absolute atomic E-state index is 12.1. The number of hydrogen-bond donors (Lipinski definition) is 1. The number of benzene rings is 1. The average Bonchev–Trinajstić information content (AvgIpc) is 2.97. The molecule has 1 saturated heterocycles. The van der Waals surface area contributed by atoms with Crippen LogP contribution < -0.4 is 5.32 Å². The molecule has 1 N–H and O–H groups in total. The Hall–Kier alpha value is -1.39. The third kappa shape index (κ3) is 4.82. The van der Waals surface area contributed by atoms with Gasteiger partial charge < -0.3 is 14.8 Å². The van der Waals surface area contributed by atoms with Crippen molar-refractivity contribution < 1.29 is 14.3 Å². The fourth-order valence-corrected chi connectivity index (χ4v) is 2.40. The lowest BCUT2D eigenvalue weighted by atomic mass is 9.87. The third-order valence-corrected chi connectivity index (χ3v) is 3.94. The predicted molar refractivity (Wildman–Crippen MR) is 88.2 cm³/mol. The van der Waals surface area contributed by atoms with E-state index in [1.165, 1.54) is 5.56 Å². The molecule has 0 aromatic heterocycles. The van der Waals surface area contributed by atoms with Crippen LogP contribution in [0.1, 0.15) is 46.1 Å². The van der Waals surface area contributed by atoms with Crippen LogP contribution in [0.2, 0.25) is 0 Å². The lowest BCUT2D eigenvalue weighted by Gasteiger charge is -2.20. The minimum absolute atomic E-state index is 0.111. The van der Waals surface area contributed by atoms with E-state index in [1.54, 1.807) is 6.92 Å². The van der Waals surface area contributed by atoms with Gasteiger partial charge in [-0.2, -0.15) is 0 Å². The summed E-state index contributed by atoms with van der Waals surface area (Å²) in [6.45, 7) is 9.56. The van der Waals surface area contributed by atoms with E-state index in [0.717, 1.165) is 25.1 Å². The van der Waals surface area contributed by atoms with E-state index < -0.39 is 6.10 Å². The van der Waals surface area contributed by atoms with Crippen LogP contribution in [0.4, 0.5) is 5.69 Å². The molecule has 0 bridgehead atoms. The summed E-state index contributed by atoms with van der Waals surface area (Å²) in [4.78, 5) is 12.1. The Morgan fingerprint density at radius 1 is 1.36 bits per heavy atom. The summed E-state index contributed by atoms with van der Waals surface area (Å²) >= 11 is 0. The van der Waals surface area contributed by atoms with Crippen LogP contribution in [0.15, 0.2) is 24.3 Å². The highest BCUT2D eigenvalue weighted by atomic mass is 16.5. The predicted octanol–water partition coefficient (Wildman–Crippen LogP) is 3.51. The average molecular weight is 305 g/mol. The number of amides is 1. The Morgan fingerprint density at radius 3 is 2.59 bits per heavy atom. The number of anilines is 1. The quantitative estimate of drug-likeness (QED) is 0.905. The molecule has 122 valence electrons. The SMILES string of the molecule is C[C@H](OC[C@H]1CCCO1)C(=O)Nc1ccc(C(C)(C)C)cc1. The van der Waals surface area contributed by atoms with E-state index in [0.29, 0.717) is 6.61 Å². The van der Waals surface area contributed by atoms with E-state index >= 15 is 0 Å². The van der Waals surface area contributed by atoms with Gasteiger partial charge in [0.25, 0.3) is 5.91 Å². The topological polar surface area (TPSA) is 47.6 Å². The zero-order valence-corrected chi connectivity index (χ0v) is 14.0. The normalized spacial score (nSPS) is 19.9. The maximum Gasteiger partial charge on any atom is 0.253 e. The van der Waals surface area contributed by atoms with Gasteiger partial charge in [0.1, 0.15) is 6.10 Å². The second-order valence-electron chi connectivity index (χ2n) is 6.93. The molecule has 2 atom stereocenters. The van der Waals surface area contributed by atoms with Crippen molar-refractivity contribution >= 4 is 11.6 Å². The molecule has 1 aromatic carbocycles. The molecule has 0 unspecified atom stereocenters. The number of nitrogens with one attached hydrogen (secondary N) is 1. The van der Waals surface area contributed by atoms with Crippen molar-refractivity contribution in [3.63, 3.8) is 0 Å². The molecule has 1 aromatic rings. The van der Waals surface area contributed by atoms with Crippen molar-refractivity contribution in [3.05, 3.63) is 29.8 Å². The molecular formula is C18H27NO3. The molecule has 4 nitrogen and oxygen atoms in total. The van der Waals surface area contributed by atoms with Gasteiger partial charge in [-0.25, -0.2) is 0 Å². The Morgan fingerprint density at radius 2 is 2.05 bits per heavy atom. The summed E-state index contributed by atoms with van der Waals surface area (Å²) in [5.41, 5.74) is 2.15. The number of hydrogen-bond acceptors (Lipinski definition) is 3. The summed E-state index contributed by atoms with van der Waals surface area (Å²) in [6, 6.07) is 7.97. The molecule has 1 fully saturated rings. The molecular weight excluding hydrogens is 278 g/mol. The Kier molecular flexibility index (Phi) is 5.59. The van der Waals surface area contributed by atoms with Crippen molar-refractivity contribution in [3.8, 4) is 0 Å². The van der Waals surface area contributed by atoms with E-state index in [4.69, 9.17) is 9.47 Å². The fourth-order valence-electron chi connectivity index (χ4n) is 2.40. The van der Waals surface area contributed by atoms with E-state index in [-0.39, 0.29) is 17.4 Å². The first-order chi connectivity index (χ1) is 10.4. The van der Waals surface area contributed by atoms with Crippen molar-refractivity contribution in [1.29, 1.82) is 0 Å². The summed E-state index contributed by atoms with van der Waals surface area (Å²) in [7, 11) is 0. The zero-order chi connectivity index (χ0) is 16.2. The monoisotopic (exact) mass is 305 g/mol. The molecule has 1 amide bonds. The number of carbonyl (C=O) groups excluding carboxylic acids is 1. The highest BCUT2D eigenvalue weighted by molar-refractivity contribution is 5.93. The molecule has 0 radical (unpaired) electrons. The van der Waals surface area contributed by atoms with Gasteiger partial charge in [0.05, 0.1) is 12.7 Å². The zero-order valence-electron chi connectivity index (χ0n) is 14.0. The molecule has 1 aliphatic rings. The van der Waals surface area contributed by atoms with Gasteiger partial charge in [0.15, 0.2) is 0 Å². The Balaban J connectivity index is 1.82. The first-order valence-corrected chi connectivity index (χ1v) is 8.01. The van der Waals surface area contributed by atoms with Crippen LogP contribution in [0.25, 0.3) is 0 Å². The van der Waals surface area contributed by atoms with Gasteiger partial charge in [-0.05, 0) is 42.9 Å². The highest BCUT2D eigenvalue weighted by Crippen LogP contribution is 2.23. The number of ether oxygens (including phenoxy) is 2. The van der Waals surface area contributed by atoms with Crippen LogP contribution in [0.5, 0.6) is 0 Å². The summed E-state index contributed by atoms with van der Waals surface area (Å²) in [5.74, 6) is -0.124. The standard InChI is InChI=1S/C18H27NO3/c1-13(22-12-16-6-5-11-21-16)17(20)19-15-9-7-14(8-10-15)18(2,3)4/h7-10,13,16H,5-6,11-12H2,1-4H3,(H,19,20)/t13-,16+/m0/s1. The van der Waals surface area contributed by atoms with Crippen molar-refractivity contribution in [2.75, 3.05) is 18.5 Å². The fraction of sp³-hybridized carbons (Fsp3) is 0.611. The van der Waals surface area contributed by atoms with Gasteiger partial charge in [-0.1, -0.05) is 32.9 Å². The van der Waals surface area contributed by atoms with Gasteiger partial charge in [-0.3, -0.25) is 4.79 Å². The lowest BCUT2D eigenvalue weighted by molar-refractivity contribution is -0.128. The van der Waals surface area contributed by atoms with Crippen LogP contribution in [0.3, 0.4) is 0 Å². The highest BCUT2D eigenvalue weighted by Gasteiger charge is 2.20. The van der Waals surface area contributed by atoms with Crippen LogP contribution in [-0.4, -0.2) is 31.3 Å². The molecule has 4 heteroatoms. The van der Waals surface area contributed by atoms with E-state index in [9.17, 15) is 4.79 Å². The molecule has 0 spiro atoms. The second-order valence-corrected chi connectivity index (χ2v) is 6.93. The molecule has 2 rings (SSSR count). The minimum atomic E-state index is -0.480. The first-order valence-electron chi connectivity index (χ1n) is 8.01. The molecule has 1 aliphatic heterocycles. The largest absolute Gasteiger partial charge is 0.376 e. The van der Waals surface area contributed by atoms with Crippen LogP contribution in [-0.2, 0) is 19.7 Å². The maximum atomic E-state index is 12.1. The molecule has 0 saturated carbocycles. The van der Waals surface area contributed by atoms with Crippen LogP contribution >= 0.6 is 0 Å². The Labute approximate surface area is 133 Å². The van der Waals surface area contributed by atoms with Crippen molar-refractivity contribution in [2.24, 2.45) is 0 Å².